The summed E-state index contributed by atoms with van der Waals surface area (Å²) >= 11 is 6.98. The summed E-state index contributed by atoms with van der Waals surface area (Å²) in [7, 11) is 0. The van der Waals surface area contributed by atoms with Gasteiger partial charge in [-0.3, -0.25) is 0 Å². The Hall–Kier alpha value is -2.31. The van der Waals surface area contributed by atoms with E-state index in [4.69, 9.17) is 10.5 Å². The first-order valence-corrected chi connectivity index (χ1v) is 9.16. The number of nitrogens with zero attached hydrogens (tertiary/aromatic N) is 2. The van der Waals surface area contributed by atoms with Crippen molar-refractivity contribution in [2.24, 2.45) is 0 Å². The zero-order valence-electron chi connectivity index (χ0n) is 13.0. The Labute approximate surface area is 161 Å². The van der Waals surface area contributed by atoms with Gasteiger partial charge in [-0.2, -0.15) is 5.10 Å². The second-order valence-electron chi connectivity index (χ2n) is 5.55. The highest BCUT2D eigenvalue weighted by atomic mass is 79.9. The van der Waals surface area contributed by atoms with Gasteiger partial charge in [-0.05, 0) is 74.3 Å². The van der Waals surface area contributed by atoms with E-state index in [1.165, 1.54) is 0 Å². The molecule has 4 rings (SSSR count). The summed E-state index contributed by atoms with van der Waals surface area (Å²) in [6.45, 7) is 0. The molecular weight excluding hydrogens is 446 g/mol. The summed E-state index contributed by atoms with van der Waals surface area (Å²) in [6.07, 6.45) is 1.99. The van der Waals surface area contributed by atoms with Gasteiger partial charge in [-0.15, -0.1) is 0 Å². The quantitative estimate of drug-likeness (QED) is 0.387. The number of nitrogens with two attached hydrogens (primary N) is 1. The van der Waals surface area contributed by atoms with Gasteiger partial charge < -0.3 is 10.5 Å². The lowest BCUT2D eigenvalue weighted by molar-refractivity contribution is 0.477. The van der Waals surface area contributed by atoms with E-state index in [1.54, 1.807) is 0 Å². The van der Waals surface area contributed by atoms with Crippen LogP contribution in [0.25, 0.3) is 16.6 Å². The molecule has 0 aliphatic rings. The standard InChI is InChI=1S/C19H13Br2N3O/c20-16-9-13(22)10-17(21)19(16)25-15-6-7-18-12(8-15)11-24(23-18)14-4-2-1-3-5-14/h1-11H,22H2. The molecule has 1 heterocycles. The zero-order valence-corrected chi connectivity index (χ0v) is 16.2. The Morgan fingerprint density at radius 1 is 0.920 bits per heavy atom. The molecule has 0 spiro atoms. The van der Waals surface area contributed by atoms with E-state index < -0.39 is 0 Å². The zero-order chi connectivity index (χ0) is 17.4. The molecule has 6 heteroatoms. The van der Waals surface area contributed by atoms with Crippen molar-refractivity contribution < 1.29 is 4.74 Å². The van der Waals surface area contributed by atoms with Crippen LogP contribution in [0.15, 0.2) is 75.8 Å². The first kappa shape index (κ1) is 16.2. The third kappa shape index (κ3) is 3.27. The molecule has 0 bridgehead atoms. The summed E-state index contributed by atoms with van der Waals surface area (Å²) in [6, 6.07) is 19.5. The largest absolute Gasteiger partial charge is 0.455 e. The normalized spacial score (nSPS) is 11.0. The molecule has 0 saturated carbocycles. The predicted molar refractivity (Wildman–Crippen MR) is 107 cm³/mol. The molecule has 3 aromatic carbocycles. The van der Waals surface area contributed by atoms with Crippen molar-refractivity contribution in [3.63, 3.8) is 0 Å². The first-order chi connectivity index (χ1) is 12.1. The van der Waals surface area contributed by atoms with E-state index in [0.29, 0.717) is 11.4 Å². The summed E-state index contributed by atoms with van der Waals surface area (Å²) in [5, 5.41) is 5.61. The molecule has 0 aliphatic carbocycles. The Morgan fingerprint density at radius 2 is 1.64 bits per heavy atom. The van der Waals surface area contributed by atoms with Crippen LogP contribution in [-0.4, -0.2) is 9.78 Å². The van der Waals surface area contributed by atoms with Crippen LogP contribution in [0.4, 0.5) is 5.69 Å². The van der Waals surface area contributed by atoms with Crippen LogP contribution < -0.4 is 10.5 Å². The van der Waals surface area contributed by atoms with Crippen LogP contribution in [0.3, 0.4) is 0 Å². The monoisotopic (exact) mass is 457 g/mol. The van der Waals surface area contributed by atoms with Gasteiger partial charge >= 0.3 is 0 Å². The van der Waals surface area contributed by atoms with Gasteiger partial charge in [-0.1, -0.05) is 18.2 Å². The highest BCUT2D eigenvalue weighted by Crippen LogP contribution is 2.39. The molecule has 0 saturated heterocycles. The fourth-order valence-electron chi connectivity index (χ4n) is 2.58. The topological polar surface area (TPSA) is 53.1 Å². The number of fused-ring (bicyclic) bond motifs is 1. The van der Waals surface area contributed by atoms with Gasteiger partial charge in [-0.25, -0.2) is 4.68 Å². The van der Waals surface area contributed by atoms with Gasteiger partial charge in [0.25, 0.3) is 0 Å². The Bertz CT molecular complexity index is 1040. The van der Waals surface area contributed by atoms with E-state index in [9.17, 15) is 0 Å². The molecule has 4 nitrogen and oxygen atoms in total. The molecule has 0 amide bonds. The van der Waals surface area contributed by atoms with E-state index in [2.05, 4.69) is 37.0 Å². The van der Waals surface area contributed by atoms with E-state index >= 15 is 0 Å². The summed E-state index contributed by atoms with van der Waals surface area (Å²) < 4.78 is 9.48. The van der Waals surface area contributed by atoms with Gasteiger partial charge in [0.1, 0.15) is 5.75 Å². The minimum absolute atomic E-state index is 0.658. The molecule has 25 heavy (non-hydrogen) atoms. The average molecular weight is 459 g/mol. The molecule has 0 radical (unpaired) electrons. The number of benzene rings is 3. The van der Waals surface area contributed by atoms with Crippen LogP contribution in [-0.2, 0) is 0 Å². The van der Waals surface area contributed by atoms with Gasteiger partial charge in [0.05, 0.1) is 20.1 Å². The van der Waals surface area contributed by atoms with Crippen molar-refractivity contribution in [2.75, 3.05) is 5.73 Å². The maximum atomic E-state index is 6.03. The first-order valence-electron chi connectivity index (χ1n) is 7.57. The lowest BCUT2D eigenvalue weighted by Gasteiger charge is -2.10. The van der Waals surface area contributed by atoms with Gasteiger partial charge in [0, 0.05) is 17.3 Å². The second kappa shape index (κ2) is 6.54. The summed E-state index contributed by atoms with van der Waals surface area (Å²) in [5.74, 6) is 1.41. The number of anilines is 1. The van der Waals surface area contributed by atoms with E-state index in [1.807, 2.05) is 71.5 Å². The van der Waals surface area contributed by atoms with Crippen molar-refractivity contribution in [2.45, 2.75) is 0 Å². The molecule has 124 valence electrons. The van der Waals surface area contributed by atoms with E-state index in [-0.39, 0.29) is 0 Å². The molecule has 0 unspecified atom stereocenters. The maximum Gasteiger partial charge on any atom is 0.155 e. The lowest BCUT2D eigenvalue weighted by Crippen LogP contribution is -1.92. The van der Waals surface area contributed by atoms with Crippen LogP contribution in [0, 0.1) is 0 Å². The maximum absolute atomic E-state index is 6.03. The molecule has 4 aromatic rings. The number of nitrogen functional groups attached to an aromatic ring is 1. The molecule has 0 fully saturated rings. The van der Waals surface area contributed by atoms with E-state index in [0.717, 1.165) is 31.3 Å². The molecule has 1 aromatic heterocycles. The van der Waals surface area contributed by atoms with Crippen molar-refractivity contribution in [1.29, 1.82) is 0 Å². The number of hydrogen-bond acceptors (Lipinski definition) is 3. The predicted octanol–water partition coefficient (Wildman–Crippen LogP) is 5.93. The smallest absolute Gasteiger partial charge is 0.155 e. The van der Waals surface area contributed by atoms with Crippen molar-refractivity contribution >= 4 is 48.5 Å². The van der Waals surface area contributed by atoms with Crippen molar-refractivity contribution in [3.05, 3.63) is 75.8 Å². The number of rotatable bonds is 3. The summed E-state index contributed by atoms with van der Waals surface area (Å²) in [4.78, 5) is 0. The molecular formula is C19H13Br2N3O. The minimum Gasteiger partial charge on any atom is -0.455 e. The number of para-hydroxylation sites is 1. The van der Waals surface area contributed by atoms with Crippen LogP contribution >= 0.6 is 31.9 Å². The molecule has 0 atom stereocenters. The Balaban J connectivity index is 1.70. The molecule has 0 aliphatic heterocycles. The number of ether oxygens (including phenoxy) is 1. The third-order valence-corrected chi connectivity index (χ3v) is 4.92. The number of hydrogen-bond donors (Lipinski definition) is 1. The number of halogens is 2. The van der Waals surface area contributed by atoms with Gasteiger partial charge in [0.2, 0.25) is 0 Å². The van der Waals surface area contributed by atoms with Gasteiger partial charge in [0.15, 0.2) is 5.75 Å². The van der Waals surface area contributed by atoms with Crippen LogP contribution in [0.2, 0.25) is 0 Å². The Kier molecular flexibility index (Phi) is 4.23. The highest BCUT2D eigenvalue weighted by molar-refractivity contribution is 9.11. The molecule has 2 N–H and O–H groups in total. The van der Waals surface area contributed by atoms with Crippen LogP contribution in [0.1, 0.15) is 0 Å². The minimum atomic E-state index is 0.658. The van der Waals surface area contributed by atoms with Crippen LogP contribution in [0.5, 0.6) is 11.5 Å². The number of aromatic nitrogens is 2. The Morgan fingerprint density at radius 3 is 2.36 bits per heavy atom. The SMILES string of the molecule is Nc1cc(Br)c(Oc2ccc3nn(-c4ccccc4)cc3c2)c(Br)c1. The second-order valence-corrected chi connectivity index (χ2v) is 7.25. The van der Waals surface area contributed by atoms with Crippen molar-refractivity contribution in [3.8, 4) is 17.2 Å². The fraction of sp³-hybridized carbons (Fsp3) is 0. The van der Waals surface area contributed by atoms with Crippen molar-refractivity contribution in [1.82, 2.24) is 9.78 Å². The lowest BCUT2D eigenvalue weighted by atomic mass is 10.2. The third-order valence-electron chi connectivity index (χ3n) is 3.74. The fourth-order valence-corrected chi connectivity index (χ4v) is 3.96. The average Bonchev–Trinajstić information content (AvgIpc) is 3.02. The summed E-state index contributed by atoms with van der Waals surface area (Å²) in [5.41, 5.74) is 8.41. The highest BCUT2D eigenvalue weighted by Gasteiger charge is 2.11.